The van der Waals surface area contributed by atoms with Crippen LogP contribution in [-0.2, 0) is 0 Å². The lowest BCUT2D eigenvalue weighted by Crippen LogP contribution is -2.30. The SMILES string of the molecule is CCC1CCC(C2CCC(C3CCCC(C#N)C3)CC2)CC1. The molecule has 0 aliphatic heterocycles. The number of hydrogen-bond donors (Lipinski definition) is 0. The molecule has 2 atom stereocenters. The van der Waals surface area contributed by atoms with E-state index in [1.165, 1.54) is 83.5 Å². The minimum atomic E-state index is 0.376. The molecule has 124 valence electrons. The average molecular weight is 302 g/mol. The first kappa shape index (κ1) is 16.4. The van der Waals surface area contributed by atoms with Crippen molar-refractivity contribution < 1.29 is 0 Å². The summed E-state index contributed by atoms with van der Waals surface area (Å²) in [5, 5.41) is 9.21. The van der Waals surface area contributed by atoms with E-state index in [9.17, 15) is 5.26 Å². The molecule has 0 saturated heterocycles. The fourth-order valence-corrected chi connectivity index (χ4v) is 5.93. The molecule has 0 N–H and O–H groups in total. The van der Waals surface area contributed by atoms with Crippen LogP contribution in [-0.4, -0.2) is 0 Å². The van der Waals surface area contributed by atoms with Crippen LogP contribution in [0.25, 0.3) is 0 Å². The molecule has 1 nitrogen and oxygen atoms in total. The van der Waals surface area contributed by atoms with Gasteiger partial charge in [-0.1, -0.05) is 39.0 Å². The van der Waals surface area contributed by atoms with Gasteiger partial charge in [0.1, 0.15) is 0 Å². The maximum absolute atomic E-state index is 9.21. The van der Waals surface area contributed by atoms with E-state index in [1.807, 2.05) is 0 Å². The van der Waals surface area contributed by atoms with Crippen molar-refractivity contribution in [2.45, 2.75) is 90.4 Å². The average Bonchev–Trinajstić information content (AvgIpc) is 2.62. The van der Waals surface area contributed by atoms with Gasteiger partial charge in [-0.2, -0.15) is 5.26 Å². The van der Waals surface area contributed by atoms with Crippen LogP contribution in [0.1, 0.15) is 90.4 Å². The summed E-state index contributed by atoms with van der Waals surface area (Å²) >= 11 is 0. The van der Waals surface area contributed by atoms with Crippen LogP contribution in [0.4, 0.5) is 0 Å². The molecule has 2 unspecified atom stereocenters. The standard InChI is InChI=1S/C21H35N/c1-2-16-6-8-18(9-7-16)19-10-12-20(13-11-19)21-5-3-4-17(14-21)15-22/h16-21H,2-14H2,1H3. The first-order valence-electron chi connectivity index (χ1n) is 10.2. The Balaban J connectivity index is 1.44. The Bertz CT molecular complexity index is 366. The second kappa shape index (κ2) is 7.85. The molecule has 0 aromatic carbocycles. The highest BCUT2D eigenvalue weighted by Crippen LogP contribution is 2.46. The Morgan fingerprint density at radius 3 is 1.82 bits per heavy atom. The zero-order valence-electron chi connectivity index (χ0n) is 14.6. The van der Waals surface area contributed by atoms with Crippen molar-refractivity contribution in [1.29, 1.82) is 5.26 Å². The molecule has 3 fully saturated rings. The summed E-state index contributed by atoms with van der Waals surface area (Å²) in [6, 6.07) is 2.54. The lowest BCUT2D eigenvalue weighted by Gasteiger charge is -2.41. The third kappa shape index (κ3) is 3.87. The topological polar surface area (TPSA) is 23.8 Å². The van der Waals surface area contributed by atoms with Crippen LogP contribution in [0.3, 0.4) is 0 Å². The summed E-state index contributed by atoms with van der Waals surface area (Å²) in [4.78, 5) is 0. The van der Waals surface area contributed by atoms with Gasteiger partial charge in [-0.15, -0.1) is 0 Å². The quantitative estimate of drug-likeness (QED) is 0.596. The highest BCUT2D eigenvalue weighted by molar-refractivity contribution is 4.91. The highest BCUT2D eigenvalue weighted by atomic mass is 14.4. The Morgan fingerprint density at radius 1 is 0.727 bits per heavy atom. The highest BCUT2D eigenvalue weighted by Gasteiger charge is 2.34. The molecule has 3 aliphatic carbocycles. The second-order valence-electron chi connectivity index (χ2n) is 8.62. The normalized spacial score (nSPS) is 43.5. The first-order chi connectivity index (χ1) is 10.8. The van der Waals surface area contributed by atoms with Crippen LogP contribution < -0.4 is 0 Å². The predicted molar refractivity (Wildman–Crippen MR) is 92.2 cm³/mol. The molecule has 0 bridgehead atoms. The maximum atomic E-state index is 9.21. The van der Waals surface area contributed by atoms with E-state index < -0.39 is 0 Å². The van der Waals surface area contributed by atoms with E-state index in [0.29, 0.717) is 5.92 Å². The van der Waals surface area contributed by atoms with Crippen molar-refractivity contribution in [2.24, 2.45) is 35.5 Å². The molecular weight excluding hydrogens is 266 g/mol. The number of hydrogen-bond acceptors (Lipinski definition) is 1. The molecule has 0 heterocycles. The van der Waals surface area contributed by atoms with Gasteiger partial charge in [0.2, 0.25) is 0 Å². The van der Waals surface area contributed by atoms with E-state index in [2.05, 4.69) is 13.0 Å². The monoisotopic (exact) mass is 301 g/mol. The van der Waals surface area contributed by atoms with Gasteiger partial charge >= 0.3 is 0 Å². The fraction of sp³-hybridized carbons (Fsp3) is 0.952. The van der Waals surface area contributed by atoms with Crippen molar-refractivity contribution in [3.8, 4) is 6.07 Å². The third-order valence-electron chi connectivity index (χ3n) is 7.52. The van der Waals surface area contributed by atoms with Crippen LogP contribution in [0, 0.1) is 46.8 Å². The van der Waals surface area contributed by atoms with E-state index in [1.54, 1.807) is 0 Å². The van der Waals surface area contributed by atoms with Crippen LogP contribution in [0.2, 0.25) is 0 Å². The van der Waals surface area contributed by atoms with Crippen molar-refractivity contribution >= 4 is 0 Å². The summed E-state index contributed by atoms with van der Waals surface area (Å²) in [5.74, 6) is 5.36. The molecule has 1 heteroatoms. The molecule has 0 aromatic rings. The van der Waals surface area contributed by atoms with Crippen molar-refractivity contribution in [2.75, 3.05) is 0 Å². The molecule has 3 saturated carbocycles. The summed E-state index contributed by atoms with van der Waals surface area (Å²) < 4.78 is 0. The first-order valence-corrected chi connectivity index (χ1v) is 10.2. The summed E-state index contributed by atoms with van der Waals surface area (Å²) in [7, 11) is 0. The largest absolute Gasteiger partial charge is 0.198 e. The summed E-state index contributed by atoms with van der Waals surface area (Å²) in [5.41, 5.74) is 0. The molecule has 3 rings (SSSR count). The van der Waals surface area contributed by atoms with E-state index in [-0.39, 0.29) is 0 Å². The number of rotatable bonds is 3. The summed E-state index contributed by atoms with van der Waals surface area (Å²) in [6.45, 7) is 2.37. The Hall–Kier alpha value is -0.510. The lowest BCUT2D eigenvalue weighted by atomic mass is 9.65. The van der Waals surface area contributed by atoms with Crippen molar-refractivity contribution in [3.63, 3.8) is 0 Å². The van der Waals surface area contributed by atoms with Crippen LogP contribution in [0.5, 0.6) is 0 Å². The van der Waals surface area contributed by atoms with E-state index in [0.717, 1.165) is 29.6 Å². The van der Waals surface area contributed by atoms with Gasteiger partial charge in [-0.25, -0.2) is 0 Å². The molecule has 0 aromatic heterocycles. The molecule has 0 amide bonds. The number of nitrogens with zero attached hydrogens (tertiary/aromatic N) is 1. The minimum Gasteiger partial charge on any atom is -0.198 e. The maximum Gasteiger partial charge on any atom is 0.0655 e. The molecule has 0 spiro atoms. The van der Waals surface area contributed by atoms with E-state index >= 15 is 0 Å². The smallest absolute Gasteiger partial charge is 0.0655 e. The van der Waals surface area contributed by atoms with Gasteiger partial charge in [-0.05, 0) is 81.0 Å². The van der Waals surface area contributed by atoms with E-state index in [4.69, 9.17) is 0 Å². The fourth-order valence-electron chi connectivity index (χ4n) is 5.93. The van der Waals surface area contributed by atoms with Gasteiger partial charge in [-0.3, -0.25) is 0 Å². The van der Waals surface area contributed by atoms with Gasteiger partial charge < -0.3 is 0 Å². The summed E-state index contributed by atoms with van der Waals surface area (Å²) in [6.07, 6.45) is 18.5. The third-order valence-corrected chi connectivity index (χ3v) is 7.52. The Labute approximate surface area is 137 Å². The molecule has 0 radical (unpaired) electrons. The zero-order chi connectivity index (χ0) is 15.4. The molecule has 22 heavy (non-hydrogen) atoms. The minimum absolute atomic E-state index is 0.376. The van der Waals surface area contributed by atoms with Crippen LogP contribution in [0.15, 0.2) is 0 Å². The van der Waals surface area contributed by atoms with Gasteiger partial charge in [0, 0.05) is 5.92 Å². The second-order valence-corrected chi connectivity index (χ2v) is 8.62. The lowest BCUT2D eigenvalue weighted by molar-refractivity contribution is 0.106. The van der Waals surface area contributed by atoms with Crippen molar-refractivity contribution in [1.82, 2.24) is 0 Å². The predicted octanol–water partition coefficient (Wildman–Crippen LogP) is 6.34. The molecule has 3 aliphatic rings. The Morgan fingerprint density at radius 2 is 1.27 bits per heavy atom. The zero-order valence-corrected chi connectivity index (χ0v) is 14.6. The van der Waals surface area contributed by atoms with Crippen LogP contribution >= 0.6 is 0 Å². The molecular formula is C21H35N. The van der Waals surface area contributed by atoms with Gasteiger partial charge in [0.25, 0.3) is 0 Å². The van der Waals surface area contributed by atoms with Gasteiger partial charge in [0.05, 0.1) is 6.07 Å². The Kier molecular flexibility index (Phi) is 5.83. The van der Waals surface area contributed by atoms with Crippen molar-refractivity contribution in [3.05, 3.63) is 0 Å². The number of nitriles is 1. The van der Waals surface area contributed by atoms with Gasteiger partial charge in [0.15, 0.2) is 0 Å².